The van der Waals surface area contributed by atoms with E-state index in [1.165, 1.54) is 12.8 Å². The standard InChI is InChI=1S/C18H25NO4/c20-18(21)11-15-13-22-10-9-19(15)12-14-5-1-4-8-17(14)23-16-6-2-3-7-16/h1,4-5,8,15-16H,2-3,6-7,9-13H2,(H,20,21)/t15-/m1/s1. The van der Waals surface area contributed by atoms with Crippen molar-refractivity contribution in [2.75, 3.05) is 19.8 Å². The lowest BCUT2D eigenvalue weighted by molar-refractivity contribution is -0.140. The zero-order chi connectivity index (χ0) is 16.1. The predicted molar refractivity (Wildman–Crippen MR) is 86.6 cm³/mol. The quantitative estimate of drug-likeness (QED) is 0.873. The molecule has 1 aromatic carbocycles. The summed E-state index contributed by atoms with van der Waals surface area (Å²) < 4.78 is 11.6. The first-order valence-electron chi connectivity index (χ1n) is 8.50. The molecule has 1 aliphatic heterocycles. The number of morpholine rings is 1. The van der Waals surface area contributed by atoms with E-state index in [4.69, 9.17) is 14.6 Å². The van der Waals surface area contributed by atoms with Crippen LogP contribution in [0.2, 0.25) is 0 Å². The van der Waals surface area contributed by atoms with Gasteiger partial charge in [0.2, 0.25) is 0 Å². The molecular formula is C18H25NO4. The molecule has 1 saturated heterocycles. The summed E-state index contributed by atoms with van der Waals surface area (Å²) in [5.74, 6) is 0.168. The second kappa shape index (κ2) is 7.79. The van der Waals surface area contributed by atoms with Crippen LogP contribution in [0.5, 0.6) is 5.75 Å². The van der Waals surface area contributed by atoms with E-state index in [2.05, 4.69) is 11.0 Å². The monoisotopic (exact) mass is 319 g/mol. The minimum Gasteiger partial charge on any atom is -0.490 e. The Hall–Kier alpha value is -1.59. The van der Waals surface area contributed by atoms with Gasteiger partial charge in [-0.1, -0.05) is 18.2 Å². The zero-order valence-electron chi connectivity index (χ0n) is 13.4. The van der Waals surface area contributed by atoms with Crippen molar-refractivity contribution in [3.63, 3.8) is 0 Å². The summed E-state index contributed by atoms with van der Waals surface area (Å²) in [4.78, 5) is 13.3. The summed E-state index contributed by atoms with van der Waals surface area (Å²) >= 11 is 0. The predicted octanol–water partition coefficient (Wildman–Crippen LogP) is 2.68. The Morgan fingerprint density at radius 3 is 2.87 bits per heavy atom. The number of hydrogen-bond donors (Lipinski definition) is 1. The van der Waals surface area contributed by atoms with Crippen molar-refractivity contribution >= 4 is 5.97 Å². The average Bonchev–Trinajstić information content (AvgIpc) is 3.04. The third-order valence-corrected chi connectivity index (χ3v) is 4.70. The first-order valence-corrected chi connectivity index (χ1v) is 8.50. The van der Waals surface area contributed by atoms with E-state index in [1.54, 1.807) is 0 Å². The zero-order valence-corrected chi connectivity index (χ0v) is 13.4. The molecule has 0 unspecified atom stereocenters. The lowest BCUT2D eigenvalue weighted by Gasteiger charge is -2.35. The maximum absolute atomic E-state index is 11.1. The number of carboxylic acids is 1. The number of carbonyl (C=O) groups is 1. The molecule has 0 radical (unpaired) electrons. The summed E-state index contributed by atoms with van der Waals surface area (Å²) in [6, 6.07) is 8.06. The molecule has 2 aliphatic rings. The number of nitrogens with zero attached hydrogens (tertiary/aromatic N) is 1. The molecule has 0 bridgehead atoms. The van der Waals surface area contributed by atoms with Gasteiger partial charge in [0.05, 0.1) is 25.7 Å². The molecule has 0 amide bonds. The average molecular weight is 319 g/mol. The molecule has 1 heterocycles. The smallest absolute Gasteiger partial charge is 0.305 e. The van der Waals surface area contributed by atoms with Crippen LogP contribution < -0.4 is 4.74 Å². The van der Waals surface area contributed by atoms with Crippen molar-refractivity contribution in [2.45, 2.75) is 50.8 Å². The highest BCUT2D eigenvalue weighted by Crippen LogP contribution is 2.28. The molecule has 1 atom stereocenters. The number of ether oxygens (including phenoxy) is 2. The molecule has 2 fully saturated rings. The van der Waals surface area contributed by atoms with Gasteiger partial charge >= 0.3 is 5.97 Å². The highest BCUT2D eigenvalue weighted by molar-refractivity contribution is 5.67. The van der Waals surface area contributed by atoms with Gasteiger partial charge in [-0.15, -0.1) is 0 Å². The van der Waals surface area contributed by atoms with Crippen LogP contribution in [0.4, 0.5) is 0 Å². The van der Waals surface area contributed by atoms with Crippen LogP contribution in [0.3, 0.4) is 0 Å². The Morgan fingerprint density at radius 1 is 1.30 bits per heavy atom. The molecule has 1 N–H and O–H groups in total. The minimum absolute atomic E-state index is 0.0687. The second-order valence-corrected chi connectivity index (χ2v) is 6.43. The van der Waals surface area contributed by atoms with E-state index >= 15 is 0 Å². The van der Waals surface area contributed by atoms with Crippen LogP contribution in [-0.4, -0.2) is 47.9 Å². The van der Waals surface area contributed by atoms with Gasteiger partial charge in [-0.2, -0.15) is 0 Å². The first kappa shape index (κ1) is 16.3. The van der Waals surface area contributed by atoms with Crippen LogP contribution in [0, 0.1) is 0 Å². The fraction of sp³-hybridized carbons (Fsp3) is 0.611. The van der Waals surface area contributed by atoms with Crippen molar-refractivity contribution in [1.29, 1.82) is 0 Å². The van der Waals surface area contributed by atoms with Gasteiger partial charge in [-0.05, 0) is 31.7 Å². The summed E-state index contributed by atoms with van der Waals surface area (Å²) in [5.41, 5.74) is 1.14. The van der Waals surface area contributed by atoms with Crippen LogP contribution in [0.15, 0.2) is 24.3 Å². The second-order valence-electron chi connectivity index (χ2n) is 6.43. The summed E-state index contributed by atoms with van der Waals surface area (Å²) in [6.45, 7) is 2.61. The first-order chi connectivity index (χ1) is 11.2. The Bertz CT molecular complexity index is 528. The summed E-state index contributed by atoms with van der Waals surface area (Å²) in [5, 5.41) is 9.09. The SMILES string of the molecule is O=C(O)C[C@@H]1COCCN1Cc1ccccc1OC1CCCC1. The van der Waals surface area contributed by atoms with E-state index in [9.17, 15) is 4.79 Å². The van der Waals surface area contributed by atoms with Crippen LogP contribution in [0.1, 0.15) is 37.7 Å². The van der Waals surface area contributed by atoms with Crippen LogP contribution in [-0.2, 0) is 16.1 Å². The highest BCUT2D eigenvalue weighted by atomic mass is 16.5. The van der Waals surface area contributed by atoms with Crippen LogP contribution >= 0.6 is 0 Å². The largest absolute Gasteiger partial charge is 0.490 e. The topological polar surface area (TPSA) is 59.0 Å². The van der Waals surface area contributed by atoms with E-state index in [1.807, 2.05) is 18.2 Å². The Labute approximate surface area is 137 Å². The van der Waals surface area contributed by atoms with E-state index in [-0.39, 0.29) is 12.5 Å². The lowest BCUT2D eigenvalue weighted by atomic mass is 10.1. The van der Waals surface area contributed by atoms with Crippen molar-refractivity contribution in [1.82, 2.24) is 4.90 Å². The summed E-state index contributed by atoms with van der Waals surface area (Å²) in [7, 11) is 0. The maximum Gasteiger partial charge on any atom is 0.305 e. The minimum atomic E-state index is -0.777. The molecule has 1 saturated carbocycles. The Balaban J connectivity index is 1.69. The Kier molecular flexibility index (Phi) is 5.51. The molecule has 126 valence electrons. The van der Waals surface area contributed by atoms with Gasteiger partial charge in [0, 0.05) is 24.7 Å². The van der Waals surface area contributed by atoms with Crippen molar-refractivity contribution in [2.24, 2.45) is 0 Å². The number of benzene rings is 1. The normalized spacial score (nSPS) is 23.0. The number of rotatable bonds is 6. The summed E-state index contributed by atoms with van der Waals surface area (Å²) in [6.07, 6.45) is 5.20. The van der Waals surface area contributed by atoms with Crippen LogP contribution in [0.25, 0.3) is 0 Å². The highest BCUT2D eigenvalue weighted by Gasteiger charge is 2.26. The molecule has 5 heteroatoms. The van der Waals surface area contributed by atoms with Gasteiger partial charge < -0.3 is 14.6 Å². The van der Waals surface area contributed by atoms with Crippen molar-refractivity contribution in [3.05, 3.63) is 29.8 Å². The molecule has 0 spiro atoms. The number of carboxylic acid groups (broad SMARTS) is 1. The van der Waals surface area contributed by atoms with Gasteiger partial charge in [-0.3, -0.25) is 9.69 Å². The maximum atomic E-state index is 11.1. The third kappa shape index (κ3) is 4.45. The molecule has 0 aromatic heterocycles. The van der Waals surface area contributed by atoms with E-state index < -0.39 is 5.97 Å². The Morgan fingerprint density at radius 2 is 2.09 bits per heavy atom. The van der Waals surface area contributed by atoms with Gasteiger partial charge in [0.15, 0.2) is 0 Å². The van der Waals surface area contributed by atoms with Gasteiger partial charge in [-0.25, -0.2) is 0 Å². The fourth-order valence-corrected chi connectivity index (χ4v) is 3.44. The number of hydrogen-bond acceptors (Lipinski definition) is 4. The van der Waals surface area contributed by atoms with E-state index in [0.29, 0.717) is 25.9 Å². The van der Waals surface area contributed by atoms with Crippen molar-refractivity contribution < 1.29 is 19.4 Å². The molecule has 5 nitrogen and oxygen atoms in total. The lowest BCUT2D eigenvalue weighted by Crippen LogP contribution is -2.45. The molecule has 23 heavy (non-hydrogen) atoms. The molecule has 1 aliphatic carbocycles. The molecule has 3 rings (SSSR count). The number of para-hydroxylation sites is 1. The third-order valence-electron chi connectivity index (χ3n) is 4.70. The molecular weight excluding hydrogens is 294 g/mol. The molecule has 1 aromatic rings. The van der Waals surface area contributed by atoms with Gasteiger partial charge in [0.1, 0.15) is 5.75 Å². The number of aliphatic carboxylic acids is 1. The fourth-order valence-electron chi connectivity index (χ4n) is 3.44. The van der Waals surface area contributed by atoms with Crippen molar-refractivity contribution in [3.8, 4) is 5.75 Å². The van der Waals surface area contributed by atoms with Gasteiger partial charge in [0.25, 0.3) is 0 Å². The van der Waals surface area contributed by atoms with E-state index in [0.717, 1.165) is 30.7 Å².